The Hall–Kier alpha value is -3.35. The molecule has 0 aliphatic heterocycles. The largest absolute Gasteiger partial charge is 0.450 e. The van der Waals surface area contributed by atoms with Crippen LogP contribution < -0.4 is 15.8 Å². The van der Waals surface area contributed by atoms with E-state index < -0.39 is 6.09 Å². The Kier molecular flexibility index (Phi) is 7.43. The third-order valence-corrected chi connectivity index (χ3v) is 4.95. The first-order valence-electron chi connectivity index (χ1n) is 10.2. The van der Waals surface area contributed by atoms with E-state index in [1.165, 1.54) is 6.07 Å². The molecular weight excluding hydrogens is 382 g/mol. The maximum Gasteiger partial charge on any atom is 0.407 e. The van der Waals surface area contributed by atoms with E-state index in [9.17, 15) is 9.59 Å². The van der Waals surface area contributed by atoms with E-state index in [0.717, 1.165) is 35.3 Å². The number of carbonyl (C=O) groups is 1. The lowest BCUT2D eigenvalue weighted by Crippen LogP contribution is -2.24. The molecule has 7 heteroatoms. The van der Waals surface area contributed by atoms with Gasteiger partial charge in [0.2, 0.25) is 0 Å². The van der Waals surface area contributed by atoms with Gasteiger partial charge in [-0.25, -0.2) is 9.59 Å². The first-order valence-corrected chi connectivity index (χ1v) is 10.2. The molecule has 30 heavy (non-hydrogen) atoms. The Morgan fingerprint density at radius 3 is 2.63 bits per heavy atom. The van der Waals surface area contributed by atoms with Crippen LogP contribution in [0, 0.1) is 0 Å². The molecule has 2 heterocycles. The van der Waals surface area contributed by atoms with E-state index in [1.54, 1.807) is 12.4 Å². The SMILES string of the molecule is CCN(CC)c1ccc2c(CCCOC(=O)NCc3ccncc3)cc(=O)oc2c1. The van der Waals surface area contributed by atoms with Crippen molar-refractivity contribution < 1.29 is 13.9 Å². The number of benzene rings is 1. The number of aryl methyl sites for hydroxylation is 1. The molecule has 0 radical (unpaired) electrons. The van der Waals surface area contributed by atoms with E-state index in [-0.39, 0.29) is 12.2 Å². The molecule has 0 fully saturated rings. The van der Waals surface area contributed by atoms with Gasteiger partial charge in [0.05, 0.1) is 6.61 Å². The van der Waals surface area contributed by atoms with E-state index in [0.29, 0.717) is 25.0 Å². The number of rotatable bonds is 9. The lowest BCUT2D eigenvalue weighted by atomic mass is 10.0. The smallest absolute Gasteiger partial charge is 0.407 e. The normalized spacial score (nSPS) is 10.7. The topological polar surface area (TPSA) is 84.7 Å². The minimum atomic E-state index is -0.465. The van der Waals surface area contributed by atoms with Gasteiger partial charge in [0.1, 0.15) is 5.58 Å². The van der Waals surface area contributed by atoms with Crippen LogP contribution in [0.4, 0.5) is 10.5 Å². The van der Waals surface area contributed by atoms with Crippen LogP contribution in [0.15, 0.2) is 58.0 Å². The highest BCUT2D eigenvalue weighted by Gasteiger charge is 2.10. The average molecular weight is 409 g/mol. The number of amides is 1. The van der Waals surface area contributed by atoms with Crippen LogP contribution in [0.25, 0.3) is 11.0 Å². The number of pyridine rings is 1. The van der Waals surface area contributed by atoms with E-state index in [4.69, 9.17) is 9.15 Å². The molecule has 0 unspecified atom stereocenters. The Bertz CT molecular complexity index is 1030. The van der Waals surface area contributed by atoms with Crippen molar-refractivity contribution in [2.45, 2.75) is 33.2 Å². The second-order valence-corrected chi connectivity index (χ2v) is 6.89. The summed E-state index contributed by atoms with van der Waals surface area (Å²) in [7, 11) is 0. The molecule has 0 aliphatic rings. The minimum absolute atomic E-state index is 0.265. The van der Waals surface area contributed by atoms with Crippen LogP contribution in [0.1, 0.15) is 31.4 Å². The highest BCUT2D eigenvalue weighted by molar-refractivity contribution is 5.83. The van der Waals surface area contributed by atoms with Gasteiger partial charge in [-0.2, -0.15) is 0 Å². The molecular formula is C23H27N3O4. The summed E-state index contributed by atoms with van der Waals surface area (Å²) in [5, 5.41) is 3.62. The standard InChI is InChI=1S/C23H27N3O4/c1-3-26(4-2)19-7-8-20-18(14-22(27)30-21(20)15-19)6-5-13-29-23(28)25-16-17-9-11-24-12-10-17/h7-12,14-15H,3-6,13,16H2,1-2H3,(H,25,28). The van der Waals surface area contributed by atoms with Crippen molar-refractivity contribution in [3.05, 3.63) is 70.3 Å². The number of carbonyl (C=O) groups excluding carboxylic acids is 1. The zero-order chi connectivity index (χ0) is 21.3. The van der Waals surface area contributed by atoms with Crippen molar-refractivity contribution in [1.29, 1.82) is 0 Å². The monoisotopic (exact) mass is 409 g/mol. The first-order chi connectivity index (χ1) is 14.6. The lowest BCUT2D eigenvalue weighted by Gasteiger charge is -2.21. The van der Waals surface area contributed by atoms with Crippen molar-refractivity contribution in [3.8, 4) is 0 Å². The fourth-order valence-electron chi connectivity index (χ4n) is 3.36. The van der Waals surface area contributed by atoms with Crippen LogP contribution in [-0.2, 0) is 17.7 Å². The zero-order valence-corrected chi connectivity index (χ0v) is 17.4. The van der Waals surface area contributed by atoms with Crippen LogP contribution in [0.2, 0.25) is 0 Å². The van der Waals surface area contributed by atoms with Gasteiger partial charge < -0.3 is 19.4 Å². The summed E-state index contributed by atoms with van der Waals surface area (Å²) < 4.78 is 10.7. The number of hydrogen-bond donors (Lipinski definition) is 1. The van der Waals surface area contributed by atoms with Gasteiger partial charge in [-0.15, -0.1) is 0 Å². The number of nitrogens with zero attached hydrogens (tertiary/aromatic N) is 2. The lowest BCUT2D eigenvalue weighted by molar-refractivity contribution is 0.144. The third kappa shape index (κ3) is 5.59. The van der Waals surface area contributed by atoms with Gasteiger partial charge in [-0.3, -0.25) is 4.98 Å². The van der Waals surface area contributed by atoms with Crippen molar-refractivity contribution in [2.75, 3.05) is 24.6 Å². The van der Waals surface area contributed by atoms with Crippen molar-refractivity contribution in [1.82, 2.24) is 10.3 Å². The van der Waals surface area contributed by atoms with Crippen LogP contribution in [0.3, 0.4) is 0 Å². The molecule has 2 aromatic heterocycles. The fourth-order valence-corrected chi connectivity index (χ4v) is 3.36. The second-order valence-electron chi connectivity index (χ2n) is 6.89. The predicted octanol–water partition coefficient (Wildman–Crippen LogP) is 3.89. The Balaban J connectivity index is 1.56. The van der Waals surface area contributed by atoms with E-state index >= 15 is 0 Å². The number of anilines is 1. The maximum absolute atomic E-state index is 12.0. The van der Waals surface area contributed by atoms with Crippen LogP contribution >= 0.6 is 0 Å². The summed E-state index contributed by atoms with van der Waals surface area (Å²) in [4.78, 5) is 30.0. The molecule has 1 aromatic carbocycles. The summed E-state index contributed by atoms with van der Waals surface area (Å²) in [6, 6.07) is 11.1. The molecule has 158 valence electrons. The number of ether oxygens (including phenoxy) is 1. The number of alkyl carbamates (subject to hydrolysis) is 1. The third-order valence-electron chi connectivity index (χ3n) is 4.95. The van der Waals surface area contributed by atoms with Crippen molar-refractivity contribution in [3.63, 3.8) is 0 Å². The highest BCUT2D eigenvalue weighted by atomic mass is 16.5. The number of fused-ring (bicyclic) bond motifs is 1. The molecule has 0 saturated heterocycles. The van der Waals surface area contributed by atoms with Gasteiger partial charge in [-0.05, 0) is 62.1 Å². The molecule has 0 bridgehead atoms. The maximum atomic E-state index is 12.0. The van der Waals surface area contributed by atoms with Gasteiger partial charge >= 0.3 is 11.7 Å². The quantitative estimate of drug-likeness (QED) is 0.426. The molecule has 0 spiro atoms. The predicted molar refractivity (Wildman–Crippen MR) is 117 cm³/mol. The summed E-state index contributed by atoms with van der Waals surface area (Å²) in [6.45, 7) is 6.60. The van der Waals surface area contributed by atoms with Crippen molar-refractivity contribution in [2.24, 2.45) is 0 Å². The molecule has 0 atom stereocenters. The molecule has 7 nitrogen and oxygen atoms in total. The Labute approximate surface area is 175 Å². The first kappa shape index (κ1) is 21.4. The molecule has 1 N–H and O–H groups in total. The Morgan fingerprint density at radius 1 is 1.13 bits per heavy atom. The minimum Gasteiger partial charge on any atom is -0.450 e. The summed E-state index contributed by atoms with van der Waals surface area (Å²) in [5.41, 5.74) is 3.09. The molecule has 0 saturated carbocycles. The van der Waals surface area contributed by atoms with Crippen molar-refractivity contribution >= 4 is 22.7 Å². The molecule has 0 aliphatic carbocycles. The summed E-state index contributed by atoms with van der Waals surface area (Å²) >= 11 is 0. The zero-order valence-electron chi connectivity index (χ0n) is 17.4. The molecule has 3 aromatic rings. The highest BCUT2D eigenvalue weighted by Crippen LogP contribution is 2.24. The van der Waals surface area contributed by atoms with E-state index in [1.807, 2.05) is 30.3 Å². The number of aromatic nitrogens is 1. The molecule has 1 amide bonds. The van der Waals surface area contributed by atoms with Gasteiger partial charge in [-0.1, -0.05) is 0 Å². The van der Waals surface area contributed by atoms with Gasteiger partial charge in [0, 0.05) is 55.2 Å². The second kappa shape index (κ2) is 10.4. The number of nitrogens with one attached hydrogen (secondary N) is 1. The summed E-state index contributed by atoms with van der Waals surface area (Å²) in [6.07, 6.45) is 4.11. The van der Waals surface area contributed by atoms with Crippen LogP contribution in [0.5, 0.6) is 0 Å². The van der Waals surface area contributed by atoms with E-state index in [2.05, 4.69) is 29.0 Å². The van der Waals surface area contributed by atoms with Gasteiger partial charge in [0.25, 0.3) is 0 Å². The number of hydrogen-bond acceptors (Lipinski definition) is 6. The Morgan fingerprint density at radius 2 is 1.90 bits per heavy atom. The fraction of sp³-hybridized carbons (Fsp3) is 0.348. The average Bonchev–Trinajstić information content (AvgIpc) is 2.76. The molecule has 3 rings (SSSR count). The summed E-state index contributed by atoms with van der Waals surface area (Å²) in [5.74, 6) is 0. The van der Waals surface area contributed by atoms with Gasteiger partial charge in [0.15, 0.2) is 0 Å². The van der Waals surface area contributed by atoms with Crippen LogP contribution in [-0.4, -0.2) is 30.8 Å².